The van der Waals surface area contributed by atoms with Crippen molar-refractivity contribution in [2.45, 2.75) is 13.0 Å². The van der Waals surface area contributed by atoms with Gasteiger partial charge in [-0.25, -0.2) is 9.97 Å². The fraction of sp³-hybridized carbons (Fsp3) is 0.500. The largest absolute Gasteiger partial charge is 0.302 e. The van der Waals surface area contributed by atoms with Gasteiger partial charge >= 0.3 is 0 Å². The third-order valence-corrected chi connectivity index (χ3v) is 2.00. The standard InChI is InChI=1S/C8H10N3/c1-11-3-2-8-7(5-11)4-9-6-10-8/h4H,2-3,5H2,1H3. The topological polar surface area (TPSA) is 29.0 Å². The molecular formula is C8H10N3. The van der Waals surface area contributed by atoms with Crippen LogP contribution in [0.1, 0.15) is 11.3 Å². The highest BCUT2D eigenvalue weighted by Gasteiger charge is 2.13. The van der Waals surface area contributed by atoms with Gasteiger partial charge in [0.25, 0.3) is 0 Å². The van der Waals surface area contributed by atoms with Gasteiger partial charge in [-0.1, -0.05) is 0 Å². The van der Waals surface area contributed by atoms with E-state index in [0.717, 1.165) is 25.2 Å². The van der Waals surface area contributed by atoms with E-state index in [1.165, 1.54) is 5.56 Å². The van der Waals surface area contributed by atoms with Crippen molar-refractivity contribution < 1.29 is 0 Å². The smallest absolute Gasteiger partial charge is 0.197 e. The monoisotopic (exact) mass is 148 g/mol. The average Bonchev–Trinajstić information content (AvgIpc) is 2.04. The maximum atomic E-state index is 4.09. The summed E-state index contributed by atoms with van der Waals surface area (Å²) in [7, 11) is 2.11. The summed E-state index contributed by atoms with van der Waals surface area (Å²) in [5.41, 5.74) is 2.41. The van der Waals surface area contributed by atoms with Gasteiger partial charge in [0, 0.05) is 31.3 Å². The number of rotatable bonds is 0. The molecule has 0 saturated carbocycles. The van der Waals surface area contributed by atoms with Crippen LogP contribution in [0.15, 0.2) is 6.20 Å². The summed E-state index contributed by atoms with van der Waals surface area (Å²) in [5.74, 6) is 0. The summed E-state index contributed by atoms with van der Waals surface area (Å²) in [6.07, 6.45) is 5.51. The molecular weight excluding hydrogens is 138 g/mol. The maximum absolute atomic E-state index is 4.09. The van der Waals surface area contributed by atoms with E-state index in [4.69, 9.17) is 0 Å². The molecule has 11 heavy (non-hydrogen) atoms. The first-order chi connectivity index (χ1) is 5.36. The lowest BCUT2D eigenvalue weighted by atomic mass is 10.1. The predicted octanol–water partition coefficient (Wildman–Crippen LogP) is 0.265. The predicted molar refractivity (Wildman–Crippen MR) is 40.9 cm³/mol. The summed E-state index contributed by atoms with van der Waals surface area (Å²) >= 11 is 0. The van der Waals surface area contributed by atoms with E-state index in [0.29, 0.717) is 0 Å². The second kappa shape index (κ2) is 2.58. The van der Waals surface area contributed by atoms with Crippen LogP contribution >= 0.6 is 0 Å². The van der Waals surface area contributed by atoms with Crippen LogP contribution in [0, 0.1) is 6.33 Å². The molecule has 3 heteroatoms. The van der Waals surface area contributed by atoms with Crippen molar-refractivity contribution in [1.29, 1.82) is 0 Å². The minimum Gasteiger partial charge on any atom is -0.302 e. The fourth-order valence-electron chi connectivity index (χ4n) is 1.36. The van der Waals surface area contributed by atoms with Crippen molar-refractivity contribution in [2.24, 2.45) is 0 Å². The zero-order valence-electron chi connectivity index (χ0n) is 6.54. The van der Waals surface area contributed by atoms with Crippen LogP contribution in [0.4, 0.5) is 0 Å². The highest BCUT2D eigenvalue weighted by molar-refractivity contribution is 5.18. The number of likely N-dealkylation sites (N-methyl/N-ethyl adjacent to an activating group) is 1. The van der Waals surface area contributed by atoms with Gasteiger partial charge in [0.15, 0.2) is 6.33 Å². The first kappa shape index (κ1) is 6.73. The van der Waals surface area contributed by atoms with Crippen LogP contribution < -0.4 is 0 Å². The molecule has 0 aliphatic carbocycles. The van der Waals surface area contributed by atoms with Gasteiger partial charge < -0.3 is 4.90 Å². The minimum absolute atomic E-state index is 0.976. The zero-order chi connectivity index (χ0) is 7.68. The Kier molecular flexibility index (Phi) is 1.58. The van der Waals surface area contributed by atoms with E-state index >= 15 is 0 Å². The Labute approximate surface area is 66.1 Å². The molecule has 1 aliphatic rings. The summed E-state index contributed by atoms with van der Waals surface area (Å²) in [6.45, 7) is 2.07. The summed E-state index contributed by atoms with van der Waals surface area (Å²) < 4.78 is 0. The van der Waals surface area contributed by atoms with Crippen molar-refractivity contribution >= 4 is 0 Å². The minimum atomic E-state index is 0.976. The van der Waals surface area contributed by atoms with Gasteiger partial charge in [0.2, 0.25) is 0 Å². The van der Waals surface area contributed by atoms with Gasteiger partial charge in [0.05, 0.1) is 5.69 Å². The SMILES string of the molecule is CN1CCc2n[c]ncc2C1. The van der Waals surface area contributed by atoms with Gasteiger partial charge in [-0.2, -0.15) is 0 Å². The Balaban J connectivity index is 2.34. The molecule has 0 atom stereocenters. The molecule has 0 bridgehead atoms. The highest BCUT2D eigenvalue weighted by Crippen LogP contribution is 2.12. The lowest BCUT2D eigenvalue weighted by Gasteiger charge is -2.22. The van der Waals surface area contributed by atoms with Crippen LogP contribution in [0.5, 0.6) is 0 Å². The molecule has 0 N–H and O–H groups in total. The zero-order valence-corrected chi connectivity index (χ0v) is 6.54. The molecule has 0 saturated heterocycles. The first-order valence-corrected chi connectivity index (χ1v) is 3.75. The molecule has 1 aliphatic heterocycles. The van der Waals surface area contributed by atoms with Crippen molar-refractivity contribution in [2.75, 3.05) is 13.6 Å². The maximum Gasteiger partial charge on any atom is 0.197 e. The molecule has 1 aromatic rings. The summed E-state index contributed by atoms with van der Waals surface area (Å²) in [5, 5.41) is 0. The Morgan fingerprint density at radius 2 is 2.55 bits per heavy atom. The Morgan fingerprint density at radius 1 is 1.64 bits per heavy atom. The Hall–Kier alpha value is -0.960. The van der Waals surface area contributed by atoms with Crippen LogP contribution in [-0.4, -0.2) is 28.5 Å². The van der Waals surface area contributed by atoms with E-state index in [2.05, 4.69) is 28.2 Å². The molecule has 3 nitrogen and oxygen atoms in total. The van der Waals surface area contributed by atoms with Crippen molar-refractivity contribution in [3.63, 3.8) is 0 Å². The lowest BCUT2D eigenvalue weighted by Crippen LogP contribution is -2.27. The lowest BCUT2D eigenvalue weighted by molar-refractivity contribution is 0.309. The number of fused-ring (bicyclic) bond motifs is 1. The van der Waals surface area contributed by atoms with Gasteiger partial charge in [-0.15, -0.1) is 0 Å². The number of aromatic nitrogens is 2. The molecule has 0 amide bonds. The first-order valence-electron chi connectivity index (χ1n) is 3.75. The van der Waals surface area contributed by atoms with Crippen molar-refractivity contribution in [1.82, 2.24) is 14.9 Å². The van der Waals surface area contributed by atoms with E-state index in [9.17, 15) is 0 Å². The molecule has 0 unspecified atom stereocenters. The summed E-state index contributed by atoms with van der Waals surface area (Å²) in [4.78, 5) is 10.2. The van der Waals surface area contributed by atoms with Crippen molar-refractivity contribution in [3.8, 4) is 0 Å². The third kappa shape index (κ3) is 1.24. The molecule has 0 spiro atoms. The van der Waals surface area contributed by atoms with Crippen LogP contribution in [0.3, 0.4) is 0 Å². The van der Waals surface area contributed by atoms with Gasteiger partial charge in [0.1, 0.15) is 0 Å². The quantitative estimate of drug-likeness (QED) is 0.528. The molecule has 0 aromatic carbocycles. The van der Waals surface area contributed by atoms with Crippen LogP contribution in [0.2, 0.25) is 0 Å². The summed E-state index contributed by atoms with van der Waals surface area (Å²) in [6, 6.07) is 0. The number of hydrogen-bond acceptors (Lipinski definition) is 3. The van der Waals surface area contributed by atoms with Crippen LogP contribution in [-0.2, 0) is 13.0 Å². The second-order valence-corrected chi connectivity index (χ2v) is 2.93. The van der Waals surface area contributed by atoms with E-state index < -0.39 is 0 Å². The molecule has 0 fully saturated rings. The van der Waals surface area contributed by atoms with Crippen LogP contribution in [0.25, 0.3) is 0 Å². The molecule has 1 radical (unpaired) electrons. The highest BCUT2D eigenvalue weighted by atomic mass is 15.1. The molecule has 2 rings (SSSR count). The van der Waals surface area contributed by atoms with E-state index in [1.807, 2.05) is 6.20 Å². The van der Waals surface area contributed by atoms with Gasteiger partial charge in [-0.05, 0) is 7.05 Å². The number of nitrogens with zero attached hydrogens (tertiary/aromatic N) is 3. The Bertz CT molecular complexity index is 259. The van der Waals surface area contributed by atoms with Crippen molar-refractivity contribution in [3.05, 3.63) is 23.8 Å². The average molecular weight is 148 g/mol. The normalized spacial score (nSPS) is 17.9. The Morgan fingerprint density at radius 3 is 3.45 bits per heavy atom. The third-order valence-electron chi connectivity index (χ3n) is 2.00. The van der Waals surface area contributed by atoms with Gasteiger partial charge in [-0.3, -0.25) is 0 Å². The fourth-order valence-corrected chi connectivity index (χ4v) is 1.36. The molecule has 57 valence electrons. The molecule has 1 aromatic heterocycles. The number of hydrogen-bond donors (Lipinski definition) is 0. The second-order valence-electron chi connectivity index (χ2n) is 2.93. The molecule has 2 heterocycles. The van der Waals surface area contributed by atoms with E-state index in [1.54, 1.807) is 0 Å². The van der Waals surface area contributed by atoms with E-state index in [-0.39, 0.29) is 0 Å².